The van der Waals surface area contributed by atoms with Crippen LogP contribution in [-0.2, 0) is 16.0 Å². The van der Waals surface area contributed by atoms with Crippen molar-refractivity contribution in [3.05, 3.63) is 71.4 Å². The van der Waals surface area contributed by atoms with Gasteiger partial charge in [-0.05, 0) is 30.7 Å². The maximum Gasteiger partial charge on any atom is 0.307 e. The molecule has 0 radical (unpaired) electrons. The maximum absolute atomic E-state index is 13.5. The van der Waals surface area contributed by atoms with Gasteiger partial charge in [0, 0.05) is 34.6 Å². The van der Waals surface area contributed by atoms with Gasteiger partial charge in [0.1, 0.15) is 0 Å². The van der Waals surface area contributed by atoms with E-state index in [1.165, 1.54) is 12.8 Å². The number of esters is 1. The van der Waals surface area contributed by atoms with Crippen molar-refractivity contribution in [2.75, 3.05) is 0 Å². The van der Waals surface area contributed by atoms with Crippen molar-refractivity contribution >= 4 is 22.7 Å². The van der Waals surface area contributed by atoms with Gasteiger partial charge < -0.3 is 9.72 Å². The molecule has 29 heavy (non-hydrogen) atoms. The van der Waals surface area contributed by atoms with Gasteiger partial charge in [-0.25, -0.2) is 0 Å². The lowest BCUT2D eigenvalue weighted by Crippen LogP contribution is -2.21. The number of ether oxygens (including phenoxy) is 1. The van der Waals surface area contributed by atoms with Crippen molar-refractivity contribution < 1.29 is 14.3 Å². The summed E-state index contributed by atoms with van der Waals surface area (Å²) in [6, 6.07) is 15.3. The molecule has 1 aliphatic rings. The van der Waals surface area contributed by atoms with Gasteiger partial charge in [0.2, 0.25) is 5.78 Å². The monoisotopic (exact) mass is 389 g/mol. The highest BCUT2D eigenvalue weighted by molar-refractivity contribution is 6.11. The highest BCUT2D eigenvalue weighted by Gasteiger charge is 2.29. The number of para-hydroxylation sites is 1. The molecule has 1 atom stereocenters. The Labute approximate surface area is 171 Å². The number of aromatic nitrogens is 1. The average Bonchev–Trinajstić information content (AvgIpc) is 3.41. The summed E-state index contributed by atoms with van der Waals surface area (Å²) in [6.07, 6.45) is 6.58. The fourth-order valence-electron chi connectivity index (χ4n) is 4.39. The third-order valence-corrected chi connectivity index (χ3v) is 5.97. The Morgan fingerprint density at radius 2 is 1.83 bits per heavy atom. The molecule has 4 nitrogen and oxygen atoms in total. The van der Waals surface area contributed by atoms with Gasteiger partial charge in [-0.2, -0.15) is 0 Å². The lowest BCUT2D eigenvalue weighted by atomic mass is 9.98. The lowest BCUT2D eigenvalue weighted by Gasteiger charge is -2.18. The highest BCUT2D eigenvalue weighted by atomic mass is 16.5. The fourth-order valence-corrected chi connectivity index (χ4v) is 4.39. The van der Waals surface area contributed by atoms with E-state index in [1.54, 1.807) is 6.20 Å². The summed E-state index contributed by atoms with van der Waals surface area (Å²) in [7, 11) is 0. The Morgan fingerprint density at radius 1 is 1.07 bits per heavy atom. The molecule has 0 spiro atoms. The number of fused-ring (bicyclic) bond motifs is 1. The first-order valence-electron chi connectivity index (χ1n) is 10.5. The number of benzene rings is 2. The average molecular weight is 389 g/mol. The number of carbonyl (C=O) groups excluding carboxylic acids is 2. The van der Waals surface area contributed by atoms with Gasteiger partial charge in [0.15, 0.2) is 6.10 Å². The third-order valence-electron chi connectivity index (χ3n) is 5.97. The maximum atomic E-state index is 13.5. The van der Waals surface area contributed by atoms with Crippen LogP contribution in [0.1, 0.15) is 66.6 Å². The van der Waals surface area contributed by atoms with Crippen LogP contribution >= 0.6 is 0 Å². The molecule has 0 amide bonds. The first-order chi connectivity index (χ1) is 14.2. The van der Waals surface area contributed by atoms with Crippen molar-refractivity contribution in [2.24, 2.45) is 5.92 Å². The van der Waals surface area contributed by atoms with Gasteiger partial charge in [0.25, 0.3) is 0 Å². The SMILES string of the molecule is CCc1cccc2c(C(=O)[C@H](OC(=O)CC3CCCC3)c3ccccc3)c[nH]c12. The van der Waals surface area contributed by atoms with E-state index in [9.17, 15) is 9.59 Å². The number of hydrogen-bond acceptors (Lipinski definition) is 3. The molecule has 1 N–H and O–H groups in total. The first kappa shape index (κ1) is 19.4. The van der Waals surface area contributed by atoms with Crippen LogP contribution in [0.2, 0.25) is 0 Å². The van der Waals surface area contributed by atoms with E-state index in [-0.39, 0.29) is 11.8 Å². The van der Waals surface area contributed by atoms with Crippen LogP contribution in [0.15, 0.2) is 54.7 Å². The molecule has 4 heteroatoms. The van der Waals surface area contributed by atoms with Crippen molar-refractivity contribution in [2.45, 2.75) is 51.6 Å². The zero-order chi connectivity index (χ0) is 20.2. The van der Waals surface area contributed by atoms with Crippen molar-refractivity contribution in [1.82, 2.24) is 4.98 Å². The summed E-state index contributed by atoms with van der Waals surface area (Å²) in [5.74, 6) is -0.0853. The van der Waals surface area contributed by atoms with Crippen LogP contribution in [0.3, 0.4) is 0 Å². The molecule has 1 saturated carbocycles. The molecular weight excluding hydrogens is 362 g/mol. The highest BCUT2D eigenvalue weighted by Crippen LogP contribution is 2.31. The zero-order valence-electron chi connectivity index (χ0n) is 16.8. The van der Waals surface area contributed by atoms with Crippen molar-refractivity contribution in [3.8, 4) is 0 Å². The molecule has 0 aliphatic heterocycles. The van der Waals surface area contributed by atoms with Crippen LogP contribution in [0.25, 0.3) is 10.9 Å². The topological polar surface area (TPSA) is 59.2 Å². The molecule has 3 aromatic rings. The summed E-state index contributed by atoms with van der Waals surface area (Å²) in [6.45, 7) is 2.09. The molecule has 0 bridgehead atoms. The minimum Gasteiger partial charge on any atom is -0.449 e. The number of Topliss-reactive ketones (excluding diaryl/α,β-unsaturated/α-hetero) is 1. The number of hydrogen-bond donors (Lipinski definition) is 1. The molecule has 4 rings (SSSR count). The molecule has 2 aromatic carbocycles. The summed E-state index contributed by atoms with van der Waals surface area (Å²) in [5.41, 5.74) is 3.41. The van der Waals surface area contributed by atoms with Crippen LogP contribution in [0, 0.1) is 5.92 Å². The number of aryl methyl sites for hydroxylation is 1. The Kier molecular flexibility index (Phi) is 5.79. The second-order valence-corrected chi connectivity index (χ2v) is 7.90. The van der Waals surface area contributed by atoms with Crippen molar-refractivity contribution in [1.29, 1.82) is 0 Å². The summed E-state index contributed by atoms with van der Waals surface area (Å²) < 4.78 is 5.79. The predicted molar refractivity (Wildman–Crippen MR) is 114 cm³/mol. The van der Waals surface area contributed by atoms with Gasteiger partial charge in [-0.1, -0.05) is 68.3 Å². The van der Waals surface area contributed by atoms with Crippen LogP contribution in [-0.4, -0.2) is 16.7 Å². The van der Waals surface area contributed by atoms with E-state index < -0.39 is 6.10 Å². The van der Waals surface area contributed by atoms with Crippen molar-refractivity contribution in [3.63, 3.8) is 0 Å². The predicted octanol–water partition coefficient (Wildman–Crippen LogP) is 5.78. The second kappa shape index (κ2) is 8.64. The van der Waals surface area contributed by atoms with Gasteiger partial charge in [-0.3, -0.25) is 9.59 Å². The Hall–Kier alpha value is -2.88. The minimum atomic E-state index is -0.922. The largest absolute Gasteiger partial charge is 0.449 e. The quantitative estimate of drug-likeness (QED) is 0.412. The molecule has 1 fully saturated rings. The van der Waals surface area contributed by atoms with Crippen LogP contribution in [0.4, 0.5) is 0 Å². The number of aromatic amines is 1. The number of ketones is 1. The normalized spacial score (nSPS) is 15.5. The van der Waals surface area contributed by atoms with Crippen LogP contribution in [0.5, 0.6) is 0 Å². The Bertz CT molecular complexity index is 999. The minimum absolute atomic E-state index is 0.185. The van der Waals surface area contributed by atoms with E-state index in [2.05, 4.69) is 18.0 Å². The molecule has 1 aromatic heterocycles. The smallest absolute Gasteiger partial charge is 0.307 e. The number of nitrogens with one attached hydrogen (secondary N) is 1. The molecular formula is C25H27NO3. The zero-order valence-corrected chi connectivity index (χ0v) is 16.8. The standard InChI is InChI=1S/C25H27NO3/c1-2-18-13-8-14-20-21(16-26-23(18)20)24(28)25(19-11-4-3-5-12-19)29-22(27)15-17-9-6-7-10-17/h3-5,8,11-14,16-17,25-26H,2,6-7,9-10,15H2,1H3/t25-/m1/s1. The summed E-state index contributed by atoms with van der Waals surface area (Å²) >= 11 is 0. The van der Waals surface area contributed by atoms with E-state index >= 15 is 0 Å². The second-order valence-electron chi connectivity index (χ2n) is 7.90. The molecule has 0 saturated heterocycles. The van der Waals surface area contributed by atoms with Crippen LogP contribution < -0.4 is 0 Å². The van der Waals surface area contributed by atoms with Gasteiger partial charge >= 0.3 is 5.97 Å². The first-order valence-corrected chi connectivity index (χ1v) is 10.5. The fraction of sp³-hybridized carbons (Fsp3) is 0.360. The van der Waals surface area contributed by atoms with E-state index in [0.717, 1.165) is 35.7 Å². The molecule has 1 aliphatic carbocycles. The Morgan fingerprint density at radius 3 is 2.55 bits per heavy atom. The molecule has 150 valence electrons. The van der Waals surface area contributed by atoms with E-state index in [0.29, 0.717) is 23.5 Å². The summed E-state index contributed by atoms with van der Waals surface area (Å²) in [5, 5.41) is 0.877. The molecule has 1 heterocycles. The van der Waals surface area contributed by atoms with Gasteiger partial charge in [-0.15, -0.1) is 0 Å². The molecule has 0 unspecified atom stereocenters. The number of rotatable bonds is 7. The number of H-pyrrole nitrogens is 1. The summed E-state index contributed by atoms with van der Waals surface area (Å²) in [4.78, 5) is 29.4. The number of carbonyl (C=O) groups is 2. The van der Waals surface area contributed by atoms with E-state index in [4.69, 9.17) is 4.74 Å². The lowest BCUT2D eigenvalue weighted by molar-refractivity contribution is -0.148. The van der Waals surface area contributed by atoms with E-state index in [1.807, 2.05) is 42.5 Å². The Balaban J connectivity index is 1.64. The van der Waals surface area contributed by atoms with Gasteiger partial charge in [0.05, 0.1) is 0 Å². The third kappa shape index (κ3) is 4.12.